The summed E-state index contributed by atoms with van der Waals surface area (Å²) in [5.41, 5.74) is 2.88. The van der Waals surface area contributed by atoms with Gasteiger partial charge in [0.2, 0.25) is 0 Å². The van der Waals surface area contributed by atoms with Gasteiger partial charge in [-0.25, -0.2) is 0 Å². The molecule has 1 aliphatic rings. The fraction of sp³-hybridized carbons (Fsp3) is 0.800. The van der Waals surface area contributed by atoms with Crippen LogP contribution in [0.15, 0.2) is 11.1 Å². The van der Waals surface area contributed by atoms with E-state index in [0.717, 1.165) is 10.8 Å². The van der Waals surface area contributed by atoms with Gasteiger partial charge < -0.3 is 9.47 Å². The van der Waals surface area contributed by atoms with Crippen LogP contribution in [0.1, 0.15) is 26.7 Å². The van der Waals surface area contributed by atoms with Crippen LogP contribution in [0.4, 0.5) is 0 Å². The number of allylic oxidation sites excluding steroid dienone is 1. The van der Waals surface area contributed by atoms with Crippen molar-refractivity contribution >= 4 is 22.6 Å². The molecule has 13 heavy (non-hydrogen) atoms. The average Bonchev–Trinajstić information content (AvgIpc) is 2.45. The predicted molar refractivity (Wildman–Crippen MR) is 62.2 cm³/mol. The summed E-state index contributed by atoms with van der Waals surface area (Å²) < 4.78 is 11.9. The van der Waals surface area contributed by atoms with Crippen LogP contribution in [-0.2, 0) is 9.47 Å². The third-order valence-corrected chi connectivity index (χ3v) is 3.36. The summed E-state index contributed by atoms with van der Waals surface area (Å²) in [6, 6.07) is 0. The molecule has 2 unspecified atom stereocenters. The van der Waals surface area contributed by atoms with Gasteiger partial charge in [0.05, 0.1) is 10.5 Å². The van der Waals surface area contributed by atoms with Crippen LogP contribution in [0.5, 0.6) is 0 Å². The molecular formula is C10H17IO2. The Bertz CT molecular complexity index is 197. The minimum atomic E-state index is -0.0496. The van der Waals surface area contributed by atoms with Crippen molar-refractivity contribution in [2.45, 2.75) is 39.1 Å². The Kier molecular flexibility index (Phi) is 4.69. The topological polar surface area (TPSA) is 18.5 Å². The maximum Gasteiger partial charge on any atom is 0.166 e. The molecule has 0 aromatic rings. The number of ether oxygens (including phenoxy) is 2. The second kappa shape index (κ2) is 5.32. The number of alkyl halides is 1. The summed E-state index contributed by atoms with van der Waals surface area (Å²) in [6.07, 6.45) is 2.54. The summed E-state index contributed by atoms with van der Waals surface area (Å²) >= 11 is 2.28. The zero-order valence-corrected chi connectivity index (χ0v) is 10.6. The quantitative estimate of drug-likeness (QED) is 0.344. The number of hydrogen-bond acceptors (Lipinski definition) is 2. The van der Waals surface area contributed by atoms with Crippen molar-refractivity contribution in [3.8, 4) is 0 Å². The van der Waals surface area contributed by atoms with E-state index in [1.165, 1.54) is 17.6 Å². The Labute approximate surface area is 93.8 Å². The van der Waals surface area contributed by atoms with Crippen LogP contribution in [0, 0.1) is 0 Å². The van der Waals surface area contributed by atoms with E-state index in [2.05, 4.69) is 36.4 Å². The SMILES string of the molecule is COC(CI)OC1CCC(C)=C1C. The molecule has 0 amide bonds. The normalized spacial score (nSPS) is 25.4. The van der Waals surface area contributed by atoms with Crippen molar-refractivity contribution in [2.75, 3.05) is 11.5 Å². The highest BCUT2D eigenvalue weighted by molar-refractivity contribution is 14.1. The molecule has 2 nitrogen and oxygen atoms in total. The number of hydrogen-bond donors (Lipinski definition) is 0. The Balaban J connectivity index is 2.46. The molecule has 1 rings (SSSR count). The fourth-order valence-corrected chi connectivity index (χ4v) is 2.11. The van der Waals surface area contributed by atoms with Crippen molar-refractivity contribution < 1.29 is 9.47 Å². The van der Waals surface area contributed by atoms with Crippen LogP contribution < -0.4 is 0 Å². The lowest BCUT2D eigenvalue weighted by atomic mass is 10.2. The van der Waals surface area contributed by atoms with Gasteiger partial charge >= 0.3 is 0 Å². The van der Waals surface area contributed by atoms with Gasteiger partial charge in [0.25, 0.3) is 0 Å². The predicted octanol–water partition coefficient (Wildman–Crippen LogP) is 2.91. The molecule has 0 aromatic heterocycles. The van der Waals surface area contributed by atoms with E-state index in [1.807, 2.05) is 0 Å². The molecule has 76 valence electrons. The van der Waals surface area contributed by atoms with Gasteiger partial charge in [-0.15, -0.1) is 0 Å². The summed E-state index contributed by atoms with van der Waals surface area (Å²) in [6.45, 7) is 4.34. The van der Waals surface area contributed by atoms with Gasteiger partial charge in [0.15, 0.2) is 6.29 Å². The van der Waals surface area contributed by atoms with E-state index >= 15 is 0 Å². The molecule has 0 fully saturated rings. The first kappa shape index (κ1) is 11.5. The van der Waals surface area contributed by atoms with Gasteiger partial charge in [-0.3, -0.25) is 0 Å². The highest BCUT2D eigenvalue weighted by Crippen LogP contribution is 2.29. The molecule has 0 saturated carbocycles. The average molecular weight is 296 g/mol. The van der Waals surface area contributed by atoms with E-state index < -0.39 is 0 Å². The molecule has 0 bridgehead atoms. The van der Waals surface area contributed by atoms with Crippen molar-refractivity contribution in [2.24, 2.45) is 0 Å². The van der Waals surface area contributed by atoms with E-state index in [1.54, 1.807) is 7.11 Å². The van der Waals surface area contributed by atoms with Crippen molar-refractivity contribution in [3.05, 3.63) is 11.1 Å². The first-order valence-corrected chi connectivity index (χ1v) is 6.12. The fourth-order valence-electron chi connectivity index (χ4n) is 1.54. The molecule has 0 aromatic carbocycles. The third-order valence-electron chi connectivity index (χ3n) is 2.64. The molecule has 0 aliphatic heterocycles. The van der Waals surface area contributed by atoms with Crippen LogP contribution in [0.2, 0.25) is 0 Å². The molecule has 0 spiro atoms. The number of methoxy groups -OCH3 is 1. The van der Waals surface area contributed by atoms with Gasteiger partial charge in [0.1, 0.15) is 0 Å². The van der Waals surface area contributed by atoms with Crippen LogP contribution in [0.3, 0.4) is 0 Å². The zero-order chi connectivity index (χ0) is 9.84. The lowest BCUT2D eigenvalue weighted by Gasteiger charge is -2.20. The Morgan fingerprint density at radius 1 is 1.54 bits per heavy atom. The highest BCUT2D eigenvalue weighted by atomic mass is 127. The lowest BCUT2D eigenvalue weighted by Crippen LogP contribution is -2.24. The van der Waals surface area contributed by atoms with Crippen LogP contribution in [0.25, 0.3) is 0 Å². The maximum atomic E-state index is 5.80. The molecule has 3 heteroatoms. The second-order valence-electron chi connectivity index (χ2n) is 3.45. The van der Waals surface area contributed by atoms with Crippen LogP contribution in [-0.4, -0.2) is 23.9 Å². The smallest absolute Gasteiger partial charge is 0.166 e. The zero-order valence-electron chi connectivity index (χ0n) is 8.47. The first-order chi connectivity index (χ1) is 6.19. The summed E-state index contributed by atoms with van der Waals surface area (Å²) in [5, 5.41) is 0. The monoisotopic (exact) mass is 296 g/mol. The molecule has 1 aliphatic carbocycles. The lowest BCUT2D eigenvalue weighted by molar-refractivity contribution is -0.128. The van der Waals surface area contributed by atoms with E-state index in [4.69, 9.17) is 9.47 Å². The molecular weight excluding hydrogens is 279 g/mol. The largest absolute Gasteiger partial charge is 0.355 e. The standard InChI is InChI=1S/C10H17IO2/c1-7-4-5-9(8(7)2)13-10(6-11)12-3/h9-10H,4-6H2,1-3H3. The maximum absolute atomic E-state index is 5.80. The summed E-state index contributed by atoms with van der Waals surface area (Å²) in [7, 11) is 1.70. The Hall–Kier alpha value is 0.390. The van der Waals surface area contributed by atoms with Gasteiger partial charge in [0, 0.05) is 7.11 Å². The molecule has 2 atom stereocenters. The molecule has 0 N–H and O–H groups in total. The van der Waals surface area contributed by atoms with Crippen LogP contribution >= 0.6 is 22.6 Å². The third kappa shape index (κ3) is 2.92. The van der Waals surface area contributed by atoms with E-state index in [9.17, 15) is 0 Å². The minimum Gasteiger partial charge on any atom is -0.355 e. The van der Waals surface area contributed by atoms with Gasteiger partial charge in [-0.1, -0.05) is 28.2 Å². The van der Waals surface area contributed by atoms with Gasteiger partial charge in [-0.2, -0.15) is 0 Å². The number of halogens is 1. The van der Waals surface area contributed by atoms with Crippen molar-refractivity contribution in [1.82, 2.24) is 0 Å². The second-order valence-corrected chi connectivity index (χ2v) is 4.33. The van der Waals surface area contributed by atoms with Gasteiger partial charge in [-0.05, 0) is 32.3 Å². The first-order valence-electron chi connectivity index (χ1n) is 4.59. The van der Waals surface area contributed by atoms with Crippen molar-refractivity contribution in [1.29, 1.82) is 0 Å². The summed E-state index contributed by atoms with van der Waals surface area (Å²) in [5.74, 6) is 0. The molecule has 0 radical (unpaired) electrons. The minimum absolute atomic E-state index is 0.0496. The number of rotatable bonds is 4. The Morgan fingerprint density at radius 2 is 2.23 bits per heavy atom. The Morgan fingerprint density at radius 3 is 2.62 bits per heavy atom. The molecule has 0 saturated heterocycles. The van der Waals surface area contributed by atoms with Crippen molar-refractivity contribution in [3.63, 3.8) is 0 Å². The van der Waals surface area contributed by atoms with E-state index in [0.29, 0.717) is 6.10 Å². The molecule has 0 heterocycles. The van der Waals surface area contributed by atoms with E-state index in [-0.39, 0.29) is 6.29 Å². The highest BCUT2D eigenvalue weighted by Gasteiger charge is 2.23. The summed E-state index contributed by atoms with van der Waals surface area (Å²) in [4.78, 5) is 0.